The Morgan fingerprint density at radius 1 is 1.17 bits per heavy atom. The lowest BCUT2D eigenvalue weighted by atomic mass is 9.82. The fourth-order valence-corrected chi connectivity index (χ4v) is 4.40. The van der Waals surface area contributed by atoms with E-state index in [-0.39, 0.29) is 23.7 Å². The average Bonchev–Trinajstić information content (AvgIpc) is 3.16. The Morgan fingerprint density at radius 3 is 2.60 bits per heavy atom. The molecule has 3 heterocycles. The summed E-state index contributed by atoms with van der Waals surface area (Å²) in [4.78, 5) is 35.7. The van der Waals surface area contributed by atoms with Crippen LogP contribution >= 0.6 is 0 Å². The molecule has 0 aliphatic heterocycles. The number of alkyl halides is 3. The van der Waals surface area contributed by atoms with Crippen molar-refractivity contribution in [3.63, 3.8) is 0 Å². The van der Waals surface area contributed by atoms with Crippen LogP contribution in [0.3, 0.4) is 0 Å². The van der Waals surface area contributed by atoms with Crippen LogP contribution in [0.15, 0.2) is 30.9 Å². The van der Waals surface area contributed by atoms with E-state index in [0.717, 1.165) is 30.8 Å². The van der Waals surface area contributed by atoms with Crippen LogP contribution in [0.2, 0.25) is 0 Å². The smallest absolute Gasteiger partial charge is 0.433 e. The monoisotopic (exact) mass is 490 g/mol. The van der Waals surface area contributed by atoms with E-state index in [9.17, 15) is 22.8 Å². The first-order valence-electron chi connectivity index (χ1n) is 11.2. The molecule has 3 aromatic rings. The van der Waals surface area contributed by atoms with Crippen LogP contribution < -0.4 is 10.6 Å². The molecule has 0 spiro atoms. The van der Waals surface area contributed by atoms with E-state index in [1.165, 1.54) is 12.4 Å². The zero-order chi connectivity index (χ0) is 25.2. The summed E-state index contributed by atoms with van der Waals surface area (Å²) in [6.45, 7) is 0.533. The van der Waals surface area contributed by atoms with Crippen molar-refractivity contribution in [1.29, 1.82) is 0 Å². The lowest BCUT2D eigenvalue weighted by Crippen LogP contribution is -2.25. The third kappa shape index (κ3) is 5.52. The summed E-state index contributed by atoms with van der Waals surface area (Å²) >= 11 is 0. The normalized spacial score (nSPS) is 18.4. The number of rotatable bonds is 7. The quantitative estimate of drug-likeness (QED) is 0.462. The molecule has 0 unspecified atom stereocenters. The highest BCUT2D eigenvalue weighted by Crippen LogP contribution is 2.31. The van der Waals surface area contributed by atoms with Crippen molar-refractivity contribution in [2.45, 2.75) is 38.4 Å². The zero-order valence-corrected chi connectivity index (χ0v) is 19.0. The van der Waals surface area contributed by atoms with Crippen LogP contribution in [0.5, 0.6) is 0 Å². The van der Waals surface area contributed by atoms with E-state index >= 15 is 0 Å². The number of fused-ring (bicyclic) bond motifs is 1. The number of aryl methyl sites for hydroxylation is 1. The fourth-order valence-electron chi connectivity index (χ4n) is 4.40. The van der Waals surface area contributed by atoms with Gasteiger partial charge in [-0.25, -0.2) is 9.97 Å². The van der Waals surface area contributed by atoms with Gasteiger partial charge in [0.1, 0.15) is 23.1 Å². The number of aromatic nitrogens is 4. The van der Waals surface area contributed by atoms with Crippen molar-refractivity contribution in [3.8, 4) is 0 Å². The number of carboxylic acid groups (broad SMARTS) is 1. The Hall–Kier alpha value is -3.70. The Labute approximate surface area is 198 Å². The van der Waals surface area contributed by atoms with E-state index in [4.69, 9.17) is 5.11 Å². The number of carbonyl (C=O) groups excluding carboxylic acids is 1. The predicted octanol–water partition coefficient (Wildman–Crippen LogP) is 3.62. The molecule has 12 heteroatoms. The number of hydrogen-bond acceptors (Lipinski definition) is 6. The summed E-state index contributed by atoms with van der Waals surface area (Å²) in [6, 6.07) is 2.30. The maximum atomic E-state index is 12.9. The number of pyridine rings is 1. The molecule has 1 amide bonds. The topological polar surface area (TPSA) is 122 Å². The second-order valence-electron chi connectivity index (χ2n) is 8.74. The maximum absolute atomic E-state index is 12.9. The van der Waals surface area contributed by atoms with Crippen LogP contribution in [-0.4, -0.2) is 43.0 Å². The Bertz CT molecular complexity index is 1230. The summed E-state index contributed by atoms with van der Waals surface area (Å²) in [7, 11) is 1.75. The highest BCUT2D eigenvalue weighted by molar-refractivity contribution is 6.06. The highest BCUT2D eigenvalue weighted by atomic mass is 19.4. The molecule has 35 heavy (non-hydrogen) atoms. The van der Waals surface area contributed by atoms with Crippen LogP contribution in [0, 0.1) is 11.8 Å². The van der Waals surface area contributed by atoms with E-state index < -0.39 is 23.7 Å². The van der Waals surface area contributed by atoms with Crippen molar-refractivity contribution >= 4 is 28.6 Å². The second-order valence-corrected chi connectivity index (χ2v) is 8.74. The highest BCUT2D eigenvalue weighted by Gasteiger charge is 2.32. The summed E-state index contributed by atoms with van der Waals surface area (Å²) in [5, 5.41) is 15.1. The SMILES string of the molecule is Cn1cc(NCC2CCC(C(=O)O)CC2)c2ncnc(C(=O)NCc3ccnc(C(F)(F)F)c3)c21. The molecule has 1 aliphatic carbocycles. The molecule has 186 valence electrons. The van der Waals surface area contributed by atoms with Crippen molar-refractivity contribution in [1.82, 2.24) is 24.8 Å². The Morgan fingerprint density at radius 2 is 1.91 bits per heavy atom. The van der Waals surface area contributed by atoms with Gasteiger partial charge in [0.05, 0.1) is 11.6 Å². The molecule has 0 atom stereocenters. The van der Waals surface area contributed by atoms with Gasteiger partial charge in [-0.15, -0.1) is 0 Å². The van der Waals surface area contributed by atoms with Gasteiger partial charge in [0.2, 0.25) is 0 Å². The maximum Gasteiger partial charge on any atom is 0.433 e. The van der Waals surface area contributed by atoms with Gasteiger partial charge in [-0.05, 0) is 49.3 Å². The summed E-state index contributed by atoms with van der Waals surface area (Å²) in [5.41, 5.74) is 1.12. The van der Waals surface area contributed by atoms with Crippen LogP contribution in [-0.2, 0) is 24.6 Å². The molecular weight excluding hydrogens is 465 g/mol. The number of amides is 1. The minimum Gasteiger partial charge on any atom is -0.481 e. The number of nitrogens with zero attached hydrogens (tertiary/aromatic N) is 4. The van der Waals surface area contributed by atoms with Gasteiger partial charge in [-0.1, -0.05) is 0 Å². The number of carbonyl (C=O) groups is 2. The molecular formula is C23H25F3N6O3. The van der Waals surface area contributed by atoms with Crippen molar-refractivity contribution in [3.05, 3.63) is 47.8 Å². The number of halogens is 3. The minimum absolute atomic E-state index is 0.109. The summed E-state index contributed by atoms with van der Waals surface area (Å²) in [5.74, 6) is -1.21. The van der Waals surface area contributed by atoms with Gasteiger partial charge in [0.15, 0.2) is 5.69 Å². The van der Waals surface area contributed by atoms with Gasteiger partial charge in [0.25, 0.3) is 5.91 Å². The predicted molar refractivity (Wildman–Crippen MR) is 120 cm³/mol. The van der Waals surface area contributed by atoms with Gasteiger partial charge in [-0.3, -0.25) is 14.6 Å². The Kier molecular flexibility index (Phi) is 6.90. The van der Waals surface area contributed by atoms with Gasteiger partial charge in [-0.2, -0.15) is 13.2 Å². The van der Waals surface area contributed by atoms with E-state index in [0.29, 0.717) is 36.3 Å². The fraction of sp³-hybridized carbons (Fsp3) is 0.435. The summed E-state index contributed by atoms with van der Waals surface area (Å²) < 4.78 is 40.4. The lowest BCUT2D eigenvalue weighted by molar-refractivity contribution is -0.143. The first kappa shape index (κ1) is 24.4. The number of nitrogens with one attached hydrogen (secondary N) is 2. The molecule has 1 fully saturated rings. The molecule has 0 bridgehead atoms. The molecule has 1 aliphatic rings. The molecule has 1 saturated carbocycles. The molecule has 0 saturated heterocycles. The number of hydrogen-bond donors (Lipinski definition) is 3. The molecule has 4 rings (SSSR count). The standard InChI is InChI=1S/C23H25F3N6O3/c1-32-11-16(28-9-13-2-4-15(5-3-13)22(34)35)18-20(32)19(31-12-30-18)21(33)29-10-14-6-7-27-17(8-14)23(24,25)26/h6-8,11-13,15,28H,2-5,9-10H2,1H3,(H,29,33)(H,34,35). The number of aliphatic carboxylic acids is 1. The van der Waals surface area contributed by atoms with Crippen LogP contribution in [0.25, 0.3) is 11.0 Å². The second kappa shape index (κ2) is 9.88. The first-order valence-corrected chi connectivity index (χ1v) is 11.2. The van der Waals surface area contributed by atoms with E-state index in [2.05, 4.69) is 25.6 Å². The van der Waals surface area contributed by atoms with E-state index in [1.807, 2.05) is 0 Å². The Balaban J connectivity index is 1.44. The number of carboxylic acids is 1. The third-order valence-electron chi connectivity index (χ3n) is 6.31. The summed E-state index contributed by atoms with van der Waals surface area (Å²) in [6.07, 6.45) is 2.52. The molecule has 3 N–H and O–H groups in total. The van der Waals surface area contributed by atoms with Crippen LogP contribution in [0.4, 0.5) is 18.9 Å². The zero-order valence-electron chi connectivity index (χ0n) is 19.0. The molecule has 3 aromatic heterocycles. The molecule has 0 radical (unpaired) electrons. The third-order valence-corrected chi connectivity index (χ3v) is 6.31. The minimum atomic E-state index is -4.57. The largest absolute Gasteiger partial charge is 0.481 e. The van der Waals surface area contributed by atoms with Crippen molar-refractivity contribution in [2.24, 2.45) is 18.9 Å². The van der Waals surface area contributed by atoms with Gasteiger partial charge in [0, 0.05) is 32.5 Å². The molecule has 0 aromatic carbocycles. The van der Waals surface area contributed by atoms with Crippen LogP contribution in [0.1, 0.15) is 47.4 Å². The van der Waals surface area contributed by atoms with Crippen molar-refractivity contribution in [2.75, 3.05) is 11.9 Å². The first-order chi connectivity index (χ1) is 16.6. The number of anilines is 1. The van der Waals surface area contributed by atoms with Gasteiger partial charge < -0.3 is 20.3 Å². The molecule has 9 nitrogen and oxygen atoms in total. The van der Waals surface area contributed by atoms with Crippen molar-refractivity contribution < 1.29 is 27.9 Å². The van der Waals surface area contributed by atoms with E-state index in [1.54, 1.807) is 17.8 Å². The van der Waals surface area contributed by atoms with Gasteiger partial charge >= 0.3 is 12.1 Å². The lowest BCUT2D eigenvalue weighted by Gasteiger charge is -2.26. The average molecular weight is 490 g/mol.